The molecule has 0 spiro atoms. The molecule has 2 aromatic heterocycles. The van der Waals surface area contributed by atoms with E-state index in [1.807, 2.05) is 54.2 Å². The molecule has 3 aromatic rings. The summed E-state index contributed by atoms with van der Waals surface area (Å²) in [4.78, 5) is 26.7. The number of carbonyl (C=O) groups excluding carboxylic acids is 1. The number of hydrogen-bond donors (Lipinski definition) is 0. The van der Waals surface area contributed by atoms with E-state index in [0.717, 1.165) is 41.9 Å². The van der Waals surface area contributed by atoms with Gasteiger partial charge in [-0.1, -0.05) is 12.1 Å². The lowest BCUT2D eigenvalue weighted by molar-refractivity contribution is 0.0708. The summed E-state index contributed by atoms with van der Waals surface area (Å²) in [5, 5.41) is 0. The number of benzene rings is 1. The summed E-state index contributed by atoms with van der Waals surface area (Å²) in [6, 6.07) is 9.56. The summed E-state index contributed by atoms with van der Waals surface area (Å²) < 4.78 is 12.7. The van der Waals surface area contributed by atoms with Crippen molar-refractivity contribution in [1.82, 2.24) is 19.4 Å². The number of likely N-dealkylation sites (tertiary alicyclic amines) is 1. The van der Waals surface area contributed by atoms with E-state index < -0.39 is 0 Å². The van der Waals surface area contributed by atoms with Gasteiger partial charge < -0.3 is 23.8 Å². The number of fused-ring (bicyclic) bond motifs is 1. The van der Waals surface area contributed by atoms with Crippen molar-refractivity contribution in [2.75, 3.05) is 52.4 Å². The molecule has 3 heterocycles. The Labute approximate surface area is 188 Å². The summed E-state index contributed by atoms with van der Waals surface area (Å²) in [7, 11) is 7.33. The molecule has 0 saturated carbocycles. The first-order valence-corrected chi connectivity index (χ1v) is 11.0. The van der Waals surface area contributed by atoms with Gasteiger partial charge in [-0.3, -0.25) is 4.79 Å². The quantitative estimate of drug-likeness (QED) is 0.566. The molecule has 1 aromatic carbocycles. The predicted molar refractivity (Wildman–Crippen MR) is 125 cm³/mol. The van der Waals surface area contributed by atoms with Crippen LogP contribution in [0.4, 0.5) is 5.82 Å². The van der Waals surface area contributed by atoms with E-state index in [-0.39, 0.29) is 5.91 Å². The number of nitrogens with zero attached hydrogens (tertiary/aromatic N) is 5. The highest BCUT2D eigenvalue weighted by Crippen LogP contribution is 2.33. The van der Waals surface area contributed by atoms with Crippen LogP contribution in [0.2, 0.25) is 0 Å². The first kappa shape index (κ1) is 22.1. The maximum atomic E-state index is 13.1. The van der Waals surface area contributed by atoms with Crippen LogP contribution in [0.25, 0.3) is 11.0 Å². The van der Waals surface area contributed by atoms with E-state index in [1.165, 1.54) is 0 Å². The van der Waals surface area contributed by atoms with Crippen molar-refractivity contribution < 1.29 is 14.3 Å². The molecular formula is C24H31N5O3. The molecule has 170 valence electrons. The highest BCUT2D eigenvalue weighted by Gasteiger charge is 2.28. The molecule has 4 rings (SSSR count). The van der Waals surface area contributed by atoms with Crippen molar-refractivity contribution in [3.63, 3.8) is 0 Å². The zero-order valence-electron chi connectivity index (χ0n) is 19.2. The number of amides is 1. The Kier molecular flexibility index (Phi) is 6.60. The summed E-state index contributed by atoms with van der Waals surface area (Å²) in [5.41, 5.74) is 3.65. The monoisotopic (exact) mass is 437 g/mol. The number of para-hydroxylation sites is 1. The third-order valence-corrected chi connectivity index (χ3v) is 6.24. The molecule has 1 aliphatic rings. The van der Waals surface area contributed by atoms with Gasteiger partial charge in [0.1, 0.15) is 11.3 Å². The molecule has 32 heavy (non-hydrogen) atoms. The zero-order valence-corrected chi connectivity index (χ0v) is 19.2. The third kappa shape index (κ3) is 4.27. The highest BCUT2D eigenvalue weighted by molar-refractivity contribution is 5.97. The van der Waals surface area contributed by atoms with Crippen molar-refractivity contribution in [3.05, 3.63) is 47.9 Å². The van der Waals surface area contributed by atoms with Crippen LogP contribution < -0.4 is 9.64 Å². The average molecular weight is 438 g/mol. The van der Waals surface area contributed by atoms with Gasteiger partial charge in [-0.2, -0.15) is 0 Å². The number of methoxy groups -OCH3 is 2. The van der Waals surface area contributed by atoms with Crippen molar-refractivity contribution in [2.45, 2.75) is 18.8 Å². The van der Waals surface area contributed by atoms with Gasteiger partial charge in [0.15, 0.2) is 5.82 Å². The number of pyridine rings is 1. The SMILES string of the molecule is COCCN(C)c1nc(C2CCN(C(=O)c3ccccc3OC)CC2)cc2c1ncn2C. The van der Waals surface area contributed by atoms with Crippen LogP contribution in [0.3, 0.4) is 0 Å². The van der Waals surface area contributed by atoms with Crippen molar-refractivity contribution in [3.8, 4) is 5.75 Å². The second-order valence-electron chi connectivity index (χ2n) is 8.28. The normalized spacial score (nSPS) is 14.7. The minimum absolute atomic E-state index is 0.0240. The maximum Gasteiger partial charge on any atom is 0.257 e. The zero-order chi connectivity index (χ0) is 22.7. The summed E-state index contributed by atoms with van der Waals surface area (Å²) in [6.45, 7) is 2.76. The Hall–Kier alpha value is -3.13. The molecule has 0 N–H and O–H groups in total. The number of piperidine rings is 1. The summed E-state index contributed by atoms with van der Waals surface area (Å²) in [6.07, 6.45) is 3.58. The number of aromatic nitrogens is 3. The van der Waals surface area contributed by atoms with Gasteiger partial charge in [0.25, 0.3) is 5.91 Å². The molecular weight excluding hydrogens is 406 g/mol. The van der Waals surface area contributed by atoms with Gasteiger partial charge in [-0.15, -0.1) is 0 Å². The van der Waals surface area contributed by atoms with Crippen molar-refractivity contribution >= 4 is 22.8 Å². The van der Waals surface area contributed by atoms with Crippen LogP contribution in [0.15, 0.2) is 36.7 Å². The number of rotatable bonds is 7. The lowest BCUT2D eigenvalue weighted by Gasteiger charge is -2.32. The lowest BCUT2D eigenvalue weighted by atomic mass is 9.92. The molecule has 8 heteroatoms. The van der Waals surface area contributed by atoms with Gasteiger partial charge in [-0.05, 0) is 31.0 Å². The molecule has 0 bridgehead atoms. The summed E-state index contributed by atoms with van der Waals surface area (Å²) >= 11 is 0. The van der Waals surface area contributed by atoms with Crippen molar-refractivity contribution in [2.24, 2.45) is 7.05 Å². The number of hydrogen-bond acceptors (Lipinski definition) is 6. The topological polar surface area (TPSA) is 72.7 Å². The van der Waals surface area contributed by atoms with Gasteiger partial charge in [-0.25, -0.2) is 9.97 Å². The Balaban J connectivity index is 1.53. The fraction of sp³-hybridized carbons (Fsp3) is 0.458. The number of imidazole rings is 1. The van der Waals surface area contributed by atoms with E-state index >= 15 is 0 Å². The standard InChI is InChI=1S/C24H31N5O3/c1-27(13-14-31-3)23-22-20(28(2)16-25-22)15-19(26-23)17-9-11-29(12-10-17)24(30)18-7-5-6-8-21(18)32-4/h5-8,15-17H,9-14H2,1-4H3. The molecule has 0 aliphatic carbocycles. The third-order valence-electron chi connectivity index (χ3n) is 6.24. The predicted octanol–water partition coefficient (Wildman–Crippen LogP) is 3.08. The smallest absolute Gasteiger partial charge is 0.257 e. The van der Waals surface area contributed by atoms with Gasteiger partial charge in [0, 0.05) is 52.5 Å². The molecule has 0 unspecified atom stereocenters. The van der Waals surface area contributed by atoms with Crippen LogP contribution >= 0.6 is 0 Å². The molecule has 8 nitrogen and oxygen atoms in total. The van der Waals surface area contributed by atoms with E-state index in [4.69, 9.17) is 14.5 Å². The maximum absolute atomic E-state index is 13.1. The van der Waals surface area contributed by atoms with Crippen LogP contribution in [0.1, 0.15) is 34.8 Å². The number of likely N-dealkylation sites (N-methyl/N-ethyl adjacent to an activating group) is 1. The van der Waals surface area contributed by atoms with Crippen molar-refractivity contribution in [1.29, 1.82) is 0 Å². The van der Waals surface area contributed by atoms with Crippen LogP contribution in [-0.4, -0.2) is 72.9 Å². The highest BCUT2D eigenvalue weighted by atomic mass is 16.5. The Morgan fingerprint density at radius 2 is 1.97 bits per heavy atom. The fourth-order valence-electron chi connectivity index (χ4n) is 4.31. The minimum atomic E-state index is 0.0240. The van der Waals surface area contributed by atoms with Gasteiger partial charge >= 0.3 is 0 Å². The Morgan fingerprint density at radius 1 is 1.22 bits per heavy atom. The number of aryl methyl sites for hydroxylation is 1. The number of anilines is 1. The van der Waals surface area contributed by atoms with E-state index in [0.29, 0.717) is 36.9 Å². The van der Waals surface area contributed by atoms with Crippen LogP contribution in [0.5, 0.6) is 5.75 Å². The molecule has 0 atom stereocenters. The second kappa shape index (κ2) is 9.56. The fourth-order valence-corrected chi connectivity index (χ4v) is 4.31. The van der Waals surface area contributed by atoms with E-state index in [2.05, 4.69) is 16.0 Å². The van der Waals surface area contributed by atoms with Gasteiger partial charge in [0.2, 0.25) is 0 Å². The van der Waals surface area contributed by atoms with Gasteiger partial charge in [0.05, 0.1) is 31.1 Å². The van der Waals surface area contributed by atoms with Crippen LogP contribution in [-0.2, 0) is 11.8 Å². The molecule has 1 amide bonds. The molecule has 0 radical (unpaired) electrons. The molecule has 1 fully saturated rings. The van der Waals surface area contributed by atoms with E-state index in [9.17, 15) is 4.79 Å². The average Bonchev–Trinajstić information content (AvgIpc) is 3.22. The van der Waals surface area contributed by atoms with E-state index in [1.54, 1.807) is 14.2 Å². The lowest BCUT2D eigenvalue weighted by Crippen LogP contribution is -2.38. The first-order valence-electron chi connectivity index (χ1n) is 11.0. The molecule has 1 saturated heterocycles. The van der Waals surface area contributed by atoms with Crippen LogP contribution in [0, 0.1) is 0 Å². The first-order chi connectivity index (χ1) is 15.5. The molecule has 1 aliphatic heterocycles. The number of ether oxygens (including phenoxy) is 2. The summed E-state index contributed by atoms with van der Waals surface area (Å²) in [5.74, 6) is 1.82. The second-order valence-corrected chi connectivity index (χ2v) is 8.28. The minimum Gasteiger partial charge on any atom is -0.496 e. The number of carbonyl (C=O) groups is 1. The Morgan fingerprint density at radius 3 is 2.69 bits per heavy atom. The largest absolute Gasteiger partial charge is 0.496 e. The Bertz CT molecular complexity index is 1090.